The SMILES string of the molecule is CCc1cc(=O)n(CC(=O)NCc2ccc(C)cc2)c(-n2nc(C)cc2C)n1. The molecule has 1 amide bonds. The lowest BCUT2D eigenvalue weighted by molar-refractivity contribution is -0.121. The molecule has 0 aliphatic heterocycles. The smallest absolute Gasteiger partial charge is 0.255 e. The van der Waals surface area contributed by atoms with Crippen LogP contribution in [0.4, 0.5) is 0 Å². The summed E-state index contributed by atoms with van der Waals surface area (Å²) >= 11 is 0. The van der Waals surface area contributed by atoms with Gasteiger partial charge in [0.2, 0.25) is 11.9 Å². The summed E-state index contributed by atoms with van der Waals surface area (Å²) in [5.41, 5.74) is 4.25. The van der Waals surface area contributed by atoms with Gasteiger partial charge in [-0.3, -0.25) is 14.2 Å². The largest absolute Gasteiger partial charge is 0.350 e. The number of aromatic nitrogens is 4. The van der Waals surface area contributed by atoms with Crippen LogP contribution in [0.15, 0.2) is 41.2 Å². The number of hydrogen-bond donors (Lipinski definition) is 1. The zero-order valence-corrected chi connectivity index (χ0v) is 16.7. The van der Waals surface area contributed by atoms with Gasteiger partial charge in [-0.25, -0.2) is 9.67 Å². The number of amides is 1. The van der Waals surface area contributed by atoms with Crippen molar-refractivity contribution in [1.29, 1.82) is 0 Å². The van der Waals surface area contributed by atoms with Crippen molar-refractivity contribution in [3.63, 3.8) is 0 Å². The monoisotopic (exact) mass is 379 g/mol. The van der Waals surface area contributed by atoms with Crippen molar-refractivity contribution in [2.75, 3.05) is 0 Å². The molecule has 0 aliphatic rings. The second-order valence-corrected chi connectivity index (χ2v) is 6.93. The van der Waals surface area contributed by atoms with E-state index < -0.39 is 0 Å². The number of nitrogens with zero attached hydrogens (tertiary/aromatic N) is 4. The number of rotatable bonds is 6. The van der Waals surface area contributed by atoms with Crippen LogP contribution in [0.25, 0.3) is 5.95 Å². The number of benzene rings is 1. The first kappa shape index (κ1) is 19.5. The minimum Gasteiger partial charge on any atom is -0.350 e. The van der Waals surface area contributed by atoms with Gasteiger partial charge in [-0.2, -0.15) is 5.10 Å². The van der Waals surface area contributed by atoms with Crippen LogP contribution in [0.1, 0.15) is 35.1 Å². The minimum atomic E-state index is -0.264. The molecule has 7 nitrogen and oxygen atoms in total. The average molecular weight is 379 g/mol. The summed E-state index contributed by atoms with van der Waals surface area (Å²) in [5.74, 6) is 0.108. The second-order valence-electron chi connectivity index (χ2n) is 6.93. The highest BCUT2D eigenvalue weighted by Crippen LogP contribution is 2.10. The van der Waals surface area contributed by atoms with Gasteiger partial charge in [0.25, 0.3) is 5.56 Å². The zero-order chi connectivity index (χ0) is 20.3. The Morgan fingerprint density at radius 1 is 1.11 bits per heavy atom. The number of aryl methyl sites for hydroxylation is 4. The van der Waals surface area contributed by atoms with E-state index in [1.54, 1.807) is 4.68 Å². The molecule has 3 rings (SSSR count). The number of carbonyl (C=O) groups excluding carboxylic acids is 1. The molecule has 0 atom stereocenters. The van der Waals surface area contributed by atoms with E-state index in [0.29, 0.717) is 24.6 Å². The highest BCUT2D eigenvalue weighted by Gasteiger charge is 2.16. The van der Waals surface area contributed by atoms with Crippen molar-refractivity contribution in [1.82, 2.24) is 24.6 Å². The molecule has 0 saturated heterocycles. The summed E-state index contributed by atoms with van der Waals surface area (Å²) in [7, 11) is 0. The molecular weight excluding hydrogens is 354 g/mol. The van der Waals surface area contributed by atoms with Gasteiger partial charge in [0.05, 0.1) is 5.69 Å². The molecule has 28 heavy (non-hydrogen) atoms. The fraction of sp³-hybridized carbons (Fsp3) is 0.333. The Labute approximate surface area is 164 Å². The molecule has 0 spiro atoms. The summed E-state index contributed by atoms with van der Waals surface area (Å²) < 4.78 is 2.98. The molecule has 0 radical (unpaired) electrons. The molecule has 0 unspecified atom stereocenters. The van der Waals surface area contributed by atoms with Crippen molar-refractivity contribution < 1.29 is 4.79 Å². The number of hydrogen-bond acceptors (Lipinski definition) is 4. The first-order valence-corrected chi connectivity index (χ1v) is 9.34. The van der Waals surface area contributed by atoms with Crippen LogP contribution in [-0.4, -0.2) is 25.2 Å². The first-order valence-electron chi connectivity index (χ1n) is 9.34. The van der Waals surface area contributed by atoms with E-state index in [1.165, 1.54) is 16.2 Å². The molecule has 146 valence electrons. The number of carbonyl (C=O) groups is 1. The van der Waals surface area contributed by atoms with E-state index in [9.17, 15) is 9.59 Å². The Morgan fingerprint density at radius 3 is 2.43 bits per heavy atom. The molecular formula is C21H25N5O2. The Balaban J connectivity index is 1.86. The van der Waals surface area contributed by atoms with E-state index >= 15 is 0 Å². The molecule has 0 bridgehead atoms. The van der Waals surface area contributed by atoms with Crippen molar-refractivity contribution in [3.05, 3.63) is 75.0 Å². The molecule has 0 saturated carbocycles. The third kappa shape index (κ3) is 4.36. The normalized spacial score (nSPS) is 10.9. The van der Waals surface area contributed by atoms with Gasteiger partial charge in [-0.15, -0.1) is 0 Å². The highest BCUT2D eigenvalue weighted by molar-refractivity contribution is 5.75. The van der Waals surface area contributed by atoms with Gasteiger partial charge in [0.1, 0.15) is 6.54 Å². The lowest BCUT2D eigenvalue weighted by Crippen LogP contribution is -2.35. The Bertz CT molecular complexity index is 1050. The zero-order valence-electron chi connectivity index (χ0n) is 16.7. The maximum absolute atomic E-state index is 12.7. The van der Waals surface area contributed by atoms with Crippen LogP contribution in [-0.2, 0) is 24.3 Å². The summed E-state index contributed by atoms with van der Waals surface area (Å²) in [6.07, 6.45) is 0.627. The van der Waals surface area contributed by atoms with E-state index in [0.717, 1.165) is 17.0 Å². The molecule has 0 fully saturated rings. The van der Waals surface area contributed by atoms with Crippen LogP contribution in [0.5, 0.6) is 0 Å². The van der Waals surface area contributed by atoms with Crippen LogP contribution in [0, 0.1) is 20.8 Å². The summed E-state index contributed by atoms with van der Waals surface area (Å²) in [4.78, 5) is 29.7. The lowest BCUT2D eigenvalue weighted by Gasteiger charge is -2.14. The van der Waals surface area contributed by atoms with Crippen LogP contribution < -0.4 is 10.9 Å². The first-order chi connectivity index (χ1) is 13.4. The van der Waals surface area contributed by atoms with Crippen LogP contribution in [0.3, 0.4) is 0 Å². The van der Waals surface area contributed by atoms with Crippen molar-refractivity contribution in [2.45, 2.75) is 47.2 Å². The van der Waals surface area contributed by atoms with Crippen molar-refractivity contribution in [2.24, 2.45) is 0 Å². The second kappa shape index (κ2) is 8.21. The third-order valence-corrected chi connectivity index (χ3v) is 4.51. The van der Waals surface area contributed by atoms with Gasteiger partial charge in [0.15, 0.2) is 0 Å². The Hall–Kier alpha value is -3.22. The van der Waals surface area contributed by atoms with Crippen LogP contribution >= 0.6 is 0 Å². The van der Waals surface area contributed by atoms with Gasteiger partial charge in [-0.1, -0.05) is 36.8 Å². The Morgan fingerprint density at radius 2 is 1.82 bits per heavy atom. The number of nitrogens with one attached hydrogen (secondary N) is 1. The quantitative estimate of drug-likeness (QED) is 0.712. The highest BCUT2D eigenvalue weighted by atomic mass is 16.2. The summed E-state index contributed by atoms with van der Waals surface area (Å²) in [6, 6.07) is 11.3. The summed E-state index contributed by atoms with van der Waals surface area (Å²) in [6.45, 7) is 8.02. The predicted molar refractivity (Wildman–Crippen MR) is 107 cm³/mol. The molecule has 1 N–H and O–H groups in total. The maximum atomic E-state index is 12.7. The van der Waals surface area contributed by atoms with E-state index in [4.69, 9.17) is 0 Å². The fourth-order valence-corrected chi connectivity index (χ4v) is 2.97. The molecule has 1 aromatic carbocycles. The standard InChI is InChI=1S/C21H25N5O2/c1-5-18-11-20(28)25(21(23-18)26-16(4)10-15(3)24-26)13-19(27)22-12-17-8-6-14(2)7-9-17/h6-11H,5,12-13H2,1-4H3,(H,22,27). The lowest BCUT2D eigenvalue weighted by atomic mass is 10.1. The maximum Gasteiger partial charge on any atom is 0.255 e. The molecule has 7 heteroatoms. The predicted octanol–water partition coefficient (Wildman–Crippen LogP) is 2.23. The van der Waals surface area contributed by atoms with E-state index in [1.807, 2.05) is 58.0 Å². The summed E-state index contributed by atoms with van der Waals surface area (Å²) in [5, 5.41) is 7.29. The van der Waals surface area contributed by atoms with Crippen molar-refractivity contribution >= 4 is 5.91 Å². The molecule has 3 aromatic rings. The van der Waals surface area contributed by atoms with Crippen molar-refractivity contribution in [3.8, 4) is 5.95 Å². The van der Waals surface area contributed by atoms with E-state index in [-0.39, 0.29) is 18.0 Å². The molecule has 2 heterocycles. The molecule has 0 aliphatic carbocycles. The van der Waals surface area contributed by atoms with Crippen LogP contribution in [0.2, 0.25) is 0 Å². The third-order valence-electron chi connectivity index (χ3n) is 4.51. The Kier molecular flexibility index (Phi) is 5.73. The minimum absolute atomic E-state index is 0.116. The van der Waals surface area contributed by atoms with Gasteiger partial charge < -0.3 is 5.32 Å². The molecule has 2 aromatic heterocycles. The van der Waals surface area contributed by atoms with E-state index in [2.05, 4.69) is 15.4 Å². The fourth-order valence-electron chi connectivity index (χ4n) is 2.97. The topological polar surface area (TPSA) is 81.8 Å². The average Bonchev–Trinajstić information content (AvgIpc) is 3.00. The van der Waals surface area contributed by atoms with Gasteiger partial charge in [0, 0.05) is 24.0 Å². The van der Waals surface area contributed by atoms with Gasteiger partial charge >= 0.3 is 0 Å². The van der Waals surface area contributed by atoms with Gasteiger partial charge in [-0.05, 0) is 38.8 Å².